The molecule has 1 rings (SSSR count). The van der Waals surface area contributed by atoms with E-state index in [0.717, 1.165) is 0 Å². The van der Waals surface area contributed by atoms with Gasteiger partial charge in [0.2, 0.25) is 0 Å². The summed E-state index contributed by atoms with van der Waals surface area (Å²) in [6.45, 7) is 0.163. The monoisotopic (exact) mass is 193 g/mol. The van der Waals surface area contributed by atoms with E-state index in [1.165, 1.54) is 11.3 Å². The van der Waals surface area contributed by atoms with Gasteiger partial charge < -0.3 is 0 Å². The summed E-state index contributed by atoms with van der Waals surface area (Å²) in [5, 5.41) is 7.15. The molecule has 0 aromatic carbocycles. The molecule has 0 aliphatic rings. The summed E-state index contributed by atoms with van der Waals surface area (Å²) in [4.78, 5) is 3.86. The fraction of sp³-hybridized carbons (Fsp3) is 0.250. The van der Waals surface area contributed by atoms with Gasteiger partial charge in [0.1, 0.15) is 5.01 Å². The number of nitrogens with one attached hydrogen (secondary N) is 1. The highest BCUT2D eigenvalue weighted by Crippen LogP contribution is 2.02. The molecule has 0 bridgehead atoms. The molecule has 1 aromatic rings. The lowest BCUT2D eigenvalue weighted by atomic mass is 10.7. The van der Waals surface area contributed by atoms with Crippen LogP contribution in [0.15, 0.2) is 11.6 Å². The Labute approximate surface area is 68.4 Å². The SMILES string of the molecule is NS(=O)(=O)NCc1nccs1. The van der Waals surface area contributed by atoms with Crippen molar-refractivity contribution in [3.63, 3.8) is 0 Å². The van der Waals surface area contributed by atoms with Crippen molar-refractivity contribution in [1.29, 1.82) is 0 Å². The van der Waals surface area contributed by atoms with E-state index in [1.807, 2.05) is 0 Å². The van der Waals surface area contributed by atoms with Gasteiger partial charge >= 0.3 is 0 Å². The third-order valence-corrected chi connectivity index (χ3v) is 2.23. The third-order valence-electron chi connectivity index (χ3n) is 0.908. The average Bonchev–Trinajstić information content (AvgIpc) is 2.32. The highest BCUT2D eigenvalue weighted by atomic mass is 32.2. The predicted octanol–water partition coefficient (Wildman–Crippen LogP) is -0.564. The first-order chi connectivity index (χ1) is 5.08. The van der Waals surface area contributed by atoms with Crippen molar-refractivity contribution in [2.75, 3.05) is 0 Å². The van der Waals surface area contributed by atoms with Gasteiger partial charge in [-0.25, -0.2) is 10.1 Å². The van der Waals surface area contributed by atoms with Gasteiger partial charge in [-0.15, -0.1) is 11.3 Å². The predicted molar refractivity (Wildman–Crippen MR) is 42.1 cm³/mol. The molecule has 7 heteroatoms. The van der Waals surface area contributed by atoms with Crippen LogP contribution in [0.5, 0.6) is 0 Å². The molecular weight excluding hydrogens is 186 g/mol. The Morgan fingerprint density at radius 3 is 2.91 bits per heavy atom. The van der Waals surface area contributed by atoms with Crippen LogP contribution in [0.1, 0.15) is 5.01 Å². The van der Waals surface area contributed by atoms with Crippen LogP contribution in [-0.4, -0.2) is 13.4 Å². The van der Waals surface area contributed by atoms with E-state index in [1.54, 1.807) is 11.6 Å². The van der Waals surface area contributed by atoms with Gasteiger partial charge in [0.15, 0.2) is 0 Å². The van der Waals surface area contributed by atoms with Gasteiger partial charge in [0.05, 0.1) is 6.54 Å². The molecule has 11 heavy (non-hydrogen) atoms. The van der Waals surface area contributed by atoms with E-state index in [4.69, 9.17) is 5.14 Å². The molecule has 0 atom stereocenters. The van der Waals surface area contributed by atoms with Gasteiger partial charge in [0, 0.05) is 11.6 Å². The summed E-state index contributed by atoms with van der Waals surface area (Å²) in [6.07, 6.45) is 1.60. The van der Waals surface area contributed by atoms with Crippen LogP contribution in [0.3, 0.4) is 0 Å². The Morgan fingerprint density at radius 1 is 1.73 bits per heavy atom. The van der Waals surface area contributed by atoms with Crippen molar-refractivity contribution in [3.05, 3.63) is 16.6 Å². The van der Waals surface area contributed by atoms with Gasteiger partial charge in [0.25, 0.3) is 10.2 Å². The van der Waals surface area contributed by atoms with Crippen LogP contribution in [-0.2, 0) is 16.8 Å². The second kappa shape index (κ2) is 3.26. The Kier molecular flexibility index (Phi) is 2.55. The molecule has 0 unspecified atom stereocenters. The highest BCUT2D eigenvalue weighted by molar-refractivity contribution is 7.87. The fourth-order valence-electron chi connectivity index (χ4n) is 0.503. The third kappa shape index (κ3) is 3.42. The number of nitrogens with two attached hydrogens (primary N) is 1. The van der Waals surface area contributed by atoms with E-state index in [-0.39, 0.29) is 6.54 Å². The summed E-state index contributed by atoms with van der Waals surface area (Å²) >= 11 is 1.37. The van der Waals surface area contributed by atoms with E-state index < -0.39 is 10.2 Å². The molecule has 0 aliphatic heterocycles. The normalized spacial score (nSPS) is 11.7. The quantitative estimate of drug-likeness (QED) is 0.674. The molecule has 0 radical (unpaired) electrons. The average molecular weight is 193 g/mol. The standard InChI is InChI=1S/C4H7N3O2S2/c5-11(8,9)7-3-4-6-1-2-10-4/h1-2,7H,3H2,(H2,5,8,9). The van der Waals surface area contributed by atoms with Crippen molar-refractivity contribution < 1.29 is 8.42 Å². The molecule has 62 valence electrons. The Bertz CT molecular complexity index is 304. The Morgan fingerprint density at radius 2 is 2.45 bits per heavy atom. The first kappa shape index (κ1) is 8.60. The lowest BCUT2D eigenvalue weighted by Crippen LogP contribution is -2.30. The van der Waals surface area contributed by atoms with Crippen LogP contribution in [0.4, 0.5) is 0 Å². The molecule has 0 aliphatic carbocycles. The highest BCUT2D eigenvalue weighted by Gasteiger charge is 2.01. The maximum absolute atomic E-state index is 10.4. The largest absolute Gasteiger partial charge is 0.274 e. The van der Waals surface area contributed by atoms with Crippen LogP contribution < -0.4 is 9.86 Å². The first-order valence-corrected chi connectivity index (χ1v) is 5.16. The van der Waals surface area contributed by atoms with Gasteiger partial charge in [-0.1, -0.05) is 0 Å². The number of nitrogens with zero attached hydrogens (tertiary/aromatic N) is 1. The number of thiazole rings is 1. The molecule has 5 nitrogen and oxygen atoms in total. The minimum atomic E-state index is -3.58. The smallest absolute Gasteiger partial charge is 0.248 e. The summed E-state index contributed by atoms with van der Waals surface area (Å²) < 4.78 is 22.9. The fourth-order valence-corrected chi connectivity index (χ4v) is 1.49. The second-order valence-electron chi connectivity index (χ2n) is 1.79. The number of hydrogen-bond donors (Lipinski definition) is 2. The van der Waals surface area contributed by atoms with Gasteiger partial charge in [-0.2, -0.15) is 13.1 Å². The Balaban J connectivity index is 2.48. The van der Waals surface area contributed by atoms with E-state index in [9.17, 15) is 8.42 Å². The summed E-state index contributed by atoms with van der Waals surface area (Å²) in [5.74, 6) is 0. The minimum absolute atomic E-state index is 0.163. The lowest BCUT2D eigenvalue weighted by Gasteiger charge is -1.96. The van der Waals surface area contributed by atoms with Gasteiger partial charge in [-0.05, 0) is 0 Å². The van der Waals surface area contributed by atoms with Gasteiger partial charge in [-0.3, -0.25) is 0 Å². The topological polar surface area (TPSA) is 85.1 Å². The number of aromatic nitrogens is 1. The molecule has 0 saturated heterocycles. The number of hydrogen-bond acceptors (Lipinski definition) is 4. The summed E-state index contributed by atoms with van der Waals surface area (Å²) in [6, 6.07) is 0. The first-order valence-electron chi connectivity index (χ1n) is 2.74. The Hall–Kier alpha value is -0.500. The summed E-state index contributed by atoms with van der Waals surface area (Å²) in [7, 11) is -3.58. The van der Waals surface area contributed by atoms with E-state index >= 15 is 0 Å². The number of rotatable bonds is 3. The second-order valence-corrected chi connectivity index (χ2v) is 4.15. The van der Waals surface area contributed by atoms with E-state index in [2.05, 4.69) is 9.71 Å². The van der Waals surface area contributed by atoms with Crippen LogP contribution in [0.2, 0.25) is 0 Å². The molecule has 1 aromatic heterocycles. The maximum Gasteiger partial charge on any atom is 0.274 e. The molecule has 0 amide bonds. The van der Waals surface area contributed by atoms with E-state index in [0.29, 0.717) is 5.01 Å². The zero-order valence-corrected chi connectivity index (χ0v) is 7.15. The molecule has 0 fully saturated rings. The van der Waals surface area contributed by atoms with Crippen molar-refractivity contribution >= 4 is 21.5 Å². The molecule has 1 heterocycles. The zero-order chi connectivity index (χ0) is 8.32. The van der Waals surface area contributed by atoms with Crippen molar-refractivity contribution in [3.8, 4) is 0 Å². The summed E-state index contributed by atoms with van der Waals surface area (Å²) in [5.41, 5.74) is 0. The van der Waals surface area contributed by atoms with Crippen molar-refractivity contribution in [2.24, 2.45) is 5.14 Å². The minimum Gasteiger partial charge on any atom is -0.248 e. The van der Waals surface area contributed by atoms with Crippen LogP contribution in [0.25, 0.3) is 0 Å². The molecular formula is C4H7N3O2S2. The molecule has 3 N–H and O–H groups in total. The molecule has 0 spiro atoms. The molecule has 0 saturated carbocycles. The maximum atomic E-state index is 10.4. The van der Waals surface area contributed by atoms with Crippen LogP contribution in [0, 0.1) is 0 Å². The van der Waals surface area contributed by atoms with Crippen molar-refractivity contribution in [2.45, 2.75) is 6.54 Å². The van der Waals surface area contributed by atoms with Crippen LogP contribution >= 0.6 is 11.3 Å². The van der Waals surface area contributed by atoms with Crippen molar-refractivity contribution in [1.82, 2.24) is 9.71 Å². The zero-order valence-electron chi connectivity index (χ0n) is 5.52. The lowest BCUT2D eigenvalue weighted by molar-refractivity contribution is 0.583.